The van der Waals surface area contributed by atoms with Crippen molar-refractivity contribution in [1.29, 1.82) is 0 Å². The zero-order valence-electron chi connectivity index (χ0n) is 16.4. The molecule has 2 aromatic carbocycles. The van der Waals surface area contributed by atoms with Crippen LogP contribution >= 0.6 is 0 Å². The lowest BCUT2D eigenvalue weighted by molar-refractivity contribution is -0.0143. The Morgan fingerprint density at radius 1 is 0.963 bits per heavy atom. The molecule has 27 heavy (non-hydrogen) atoms. The molecule has 0 radical (unpaired) electrons. The first-order valence-corrected chi connectivity index (χ1v) is 10.5. The summed E-state index contributed by atoms with van der Waals surface area (Å²) in [5.74, 6) is 0.925. The standard InChI is InChI=1S/C23H32N2O2/c1-27-23-11-10-18(19-8-4-5-9-20(19)23)16-24-15-12-21(22(26)17-24)25-13-6-2-3-7-14-25/h4-5,8-11,21-22,26H,2-3,6-7,12-17H2,1H3/t21-,22-/m1/s1. The topological polar surface area (TPSA) is 35.9 Å². The second kappa shape index (κ2) is 8.59. The Morgan fingerprint density at radius 2 is 1.70 bits per heavy atom. The molecular formula is C23H32N2O2. The molecule has 2 aliphatic heterocycles. The molecule has 2 atom stereocenters. The van der Waals surface area contributed by atoms with Gasteiger partial charge in [0.15, 0.2) is 0 Å². The summed E-state index contributed by atoms with van der Waals surface area (Å²) in [6, 6.07) is 13.0. The minimum Gasteiger partial charge on any atom is -0.496 e. The highest BCUT2D eigenvalue weighted by molar-refractivity contribution is 5.91. The summed E-state index contributed by atoms with van der Waals surface area (Å²) < 4.78 is 5.52. The zero-order chi connectivity index (χ0) is 18.6. The van der Waals surface area contributed by atoms with Crippen molar-refractivity contribution in [3.63, 3.8) is 0 Å². The van der Waals surface area contributed by atoms with Crippen LogP contribution in [0.15, 0.2) is 36.4 Å². The summed E-state index contributed by atoms with van der Waals surface area (Å²) in [6.07, 6.45) is 6.07. The number of aliphatic hydroxyl groups excluding tert-OH is 1. The highest BCUT2D eigenvalue weighted by Crippen LogP contribution is 2.30. The van der Waals surface area contributed by atoms with E-state index in [1.807, 2.05) is 0 Å². The summed E-state index contributed by atoms with van der Waals surface area (Å²) >= 11 is 0. The van der Waals surface area contributed by atoms with E-state index in [9.17, 15) is 5.11 Å². The zero-order valence-corrected chi connectivity index (χ0v) is 16.4. The number of β-amino-alcohol motifs (C(OH)–C–C–N with tert-alkyl or cyclic N) is 1. The number of hydrogen-bond acceptors (Lipinski definition) is 4. The van der Waals surface area contributed by atoms with E-state index in [1.54, 1.807) is 7.11 Å². The fourth-order valence-electron chi connectivity index (χ4n) is 4.87. The van der Waals surface area contributed by atoms with Crippen LogP contribution in [-0.2, 0) is 6.54 Å². The number of hydrogen-bond donors (Lipinski definition) is 1. The smallest absolute Gasteiger partial charge is 0.126 e. The van der Waals surface area contributed by atoms with Crippen molar-refractivity contribution in [2.75, 3.05) is 33.3 Å². The summed E-state index contributed by atoms with van der Waals surface area (Å²) in [7, 11) is 1.73. The predicted molar refractivity (Wildman–Crippen MR) is 110 cm³/mol. The van der Waals surface area contributed by atoms with E-state index in [0.29, 0.717) is 6.04 Å². The molecule has 4 rings (SSSR count). The van der Waals surface area contributed by atoms with Gasteiger partial charge in [-0.05, 0) is 49.4 Å². The van der Waals surface area contributed by atoms with E-state index in [0.717, 1.165) is 50.3 Å². The van der Waals surface area contributed by atoms with Crippen molar-refractivity contribution in [2.45, 2.75) is 50.8 Å². The van der Waals surface area contributed by atoms with Crippen LogP contribution in [0.4, 0.5) is 0 Å². The molecule has 2 aliphatic rings. The third-order valence-electron chi connectivity index (χ3n) is 6.33. The number of benzene rings is 2. The van der Waals surface area contributed by atoms with Crippen molar-refractivity contribution in [1.82, 2.24) is 9.80 Å². The fourth-order valence-corrected chi connectivity index (χ4v) is 4.87. The van der Waals surface area contributed by atoms with Gasteiger partial charge in [-0.2, -0.15) is 0 Å². The number of aliphatic hydroxyl groups is 1. The summed E-state index contributed by atoms with van der Waals surface area (Å²) in [4.78, 5) is 4.96. The molecule has 4 heteroatoms. The minimum atomic E-state index is -0.249. The number of rotatable bonds is 4. The number of methoxy groups -OCH3 is 1. The number of ether oxygens (including phenoxy) is 1. The van der Waals surface area contributed by atoms with Crippen LogP contribution in [0.2, 0.25) is 0 Å². The van der Waals surface area contributed by atoms with Gasteiger partial charge in [0.2, 0.25) is 0 Å². The Hall–Kier alpha value is -1.62. The SMILES string of the molecule is COc1ccc(CN2CC[C@@H](N3CCCCCC3)[C@H](O)C2)c2ccccc12. The Labute approximate surface area is 162 Å². The fraction of sp³-hybridized carbons (Fsp3) is 0.565. The normalized spacial score (nSPS) is 25.4. The minimum absolute atomic E-state index is 0.249. The molecule has 0 aromatic heterocycles. The predicted octanol–water partition coefficient (Wildman–Crippen LogP) is 3.66. The molecule has 1 N–H and O–H groups in total. The molecule has 146 valence electrons. The molecule has 0 amide bonds. The van der Waals surface area contributed by atoms with Crippen molar-refractivity contribution in [3.8, 4) is 5.75 Å². The van der Waals surface area contributed by atoms with E-state index in [1.165, 1.54) is 36.6 Å². The monoisotopic (exact) mass is 368 g/mol. The van der Waals surface area contributed by atoms with E-state index in [-0.39, 0.29) is 6.10 Å². The summed E-state index contributed by atoms with van der Waals surface area (Å²) in [5.41, 5.74) is 1.31. The Bertz CT molecular complexity index is 755. The van der Waals surface area contributed by atoms with Gasteiger partial charge < -0.3 is 9.84 Å². The third kappa shape index (κ3) is 4.13. The van der Waals surface area contributed by atoms with Gasteiger partial charge in [0.1, 0.15) is 5.75 Å². The van der Waals surface area contributed by atoms with Crippen LogP contribution < -0.4 is 4.74 Å². The van der Waals surface area contributed by atoms with Crippen LogP contribution in [0.3, 0.4) is 0 Å². The van der Waals surface area contributed by atoms with Crippen molar-refractivity contribution in [2.24, 2.45) is 0 Å². The maximum Gasteiger partial charge on any atom is 0.126 e. The summed E-state index contributed by atoms with van der Waals surface area (Å²) in [6.45, 7) is 5.02. The van der Waals surface area contributed by atoms with Crippen molar-refractivity contribution in [3.05, 3.63) is 42.0 Å². The largest absolute Gasteiger partial charge is 0.496 e. The van der Waals surface area contributed by atoms with Crippen molar-refractivity contribution < 1.29 is 9.84 Å². The van der Waals surface area contributed by atoms with Crippen LogP contribution in [-0.4, -0.2) is 60.3 Å². The molecule has 2 aromatic rings. The molecule has 0 saturated carbocycles. The number of fused-ring (bicyclic) bond motifs is 1. The average Bonchev–Trinajstić information content (AvgIpc) is 2.98. The van der Waals surface area contributed by atoms with Crippen LogP contribution in [0, 0.1) is 0 Å². The Morgan fingerprint density at radius 3 is 2.41 bits per heavy atom. The van der Waals surface area contributed by atoms with Gasteiger partial charge in [0.25, 0.3) is 0 Å². The number of likely N-dealkylation sites (tertiary alicyclic amines) is 2. The molecule has 4 nitrogen and oxygen atoms in total. The molecule has 2 heterocycles. The van der Waals surface area contributed by atoms with E-state index in [4.69, 9.17) is 4.74 Å². The molecule has 0 bridgehead atoms. The Balaban J connectivity index is 1.45. The van der Waals surface area contributed by atoms with Crippen LogP contribution in [0.25, 0.3) is 10.8 Å². The van der Waals surface area contributed by atoms with E-state index >= 15 is 0 Å². The van der Waals surface area contributed by atoms with Gasteiger partial charge in [-0.25, -0.2) is 0 Å². The molecular weight excluding hydrogens is 336 g/mol. The van der Waals surface area contributed by atoms with Crippen LogP contribution in [0.1, 0.15) is 37.7 Å². The molecule has 2 saturated heterocycles. The van der Waals surface area contributed by atoms with Crippen LogP contribution in [0.5, 0.6) is 5.75 Å². The number of nitrogens with zero attached hydrogens (tertiary/aromatic N) is 2. The lowest BCUT2D eigenvalue weighted by Crippen LogP contribution is -2.54. The van der Waals surface area contributed by atoms with Gasteiger partial charge in [0.05, 0.1) is 13.2 Å². The van der Waals surface area contributed by atoms with Gasteiger partial charge >= 0.3 is 0 Å². The summed E-state index contributed by atoms with van der Waals surface area (Å²) in [5, 5.41) is 13.3. The third-order valence-corrected chi connectivity index (χ3v) is 6.33. The molecule has 0 aliphatic carbocycles. The van der Waals surface area contributed by atoms with Gasteiger partial charge in [-0.1, -0.05) is 43.2 Å². The highest BCUT2D eigenvalue weighted by Gasteiger charge is 2.32. The van der Waals surface area contributed by atoms with Gasteiger partial charge in [-0.15, -0.1) is 0 Å². The first-order chi connectivity index (χ1) is 13.3. The van der Waals surface area contributed by atoms with Gasteiger partial charge in [0, 0.05) is 31.1 Å². The molecule has 2 fully saturated rings. The second-order valence-electron chi connectivity index (χ2n) is 8.08. The van der Waals surface area contributed by atoms with Gasteiger partial charge in [-0.3, -0.25) is 9.80 Å². The Kier molecular flexibility index (Phi) is 5.96. The molecule has 0 spiro atoms. The van der Waals surface area contributed by atoms with E-state index in [2.05, 4.69) is 46.2 Å². The average molecular weight is 369 g/mol. The quantitative estimate of drug-likeness (QED) is 0.893. The van der Waals surface area contributed by atoms with Crippen molar-refractivity contribution >= 4 is 10.8 Å². The maximum absolute atomic E-state index is 10.9. The lowest BCUT2D eigenvalue weighted by atomic mass is 9.98. The lowest BCUT2D eigenvalue weighted by Gasteiger charge is -2.41. The first-order valence-electron chi connectivity index (χ1n) is 10.5. The molecule has 0 unspecified atom stereocenters. The maximum atomic E-state index is 10.9. The van der Waals surface area contributed by atoms with E-state index < -0.39 is 0 Å². The highest BCUT2D eigenvalue weighted by atomic mass is 16.5. The second-order valence-corrected chi connectivity index (χ2v) is 8.08. The first kappa shape index (κ1) is 18.7. The number of piperidine rings is 1.